The second kappa shape index (κ2) is 6.14. The van der Waals surface area contributed by atoms with Gasteiger partial charge in [0.2, 0.25) is 0 Å². The fraction of sp³-hybridized carbons (Fsp3) is 0. The van der Waals surface area contributed by atoms with Gasteiger partial charge in [0, 0.05) is 0 Å². The molecule has 1 aliphatic heterocycles. The Hall–Kier alpha value is -2.31. The van der Waals surface area contributed by atoms with Crippen molar-refractivity contribution < 1.29 is 0 Å². The normalized spacial score (nSPS) is 18.2. The van der Waals surface area contributed by atoms with Crippen LogP contribution in [0.3, 0.4) is 0 Å². The second-order valence-electron chi connectivity index (χ2n) is 6.42. The van der Waals surface area contributed by atoms with Gasteiger partial charge in [0.05, 0.1) is 0 Å². The van der Waals surface area contributed by atoms with Gasteiger partial charge in [-0.15, -0.1) is 0 Å². The molecule has 0 fully saturated rings. The van der Waals surface area contributed by atoms with Crippen molar-refractivity contribution in [2.45, 2.75) is 0 Å². The van der Waals surface area contributed by atoms with E-state index in [0.29, 0.717) is 0 Å². The van der Waals surface area contributed by atoms with Crippen LogP contribution in [0.4, 0.5) is 11.4 Å². The Morgan fingerprint density at radius 3 is 2.19 bits per heavy atom. The van der Waals surface area contributed by atoms with Crippen molar-refractivity contribution in [1.82, 2.24) is 0 Å². The average molecular weight is 419 g/mol. The molecule has 0 saturated carbocycles. The Morgan fingerprint density at radius 2 is 1.31 bits per heavy atom. The Kier molecular flexibility index (Phi) is 3.76. The second-order valence-corrected chi connectivity index (χ2v) is 12.1. The minimum atomic E-state index is -1.93. The quantitative estimate of drug-likeness (QED) is 0.310. The summed E-state index contributed by atoms with van der Waals surface area (Å²) in [5, 5.41) is 11.4. The molecule has 0 spiro atoms. The van der Waals surface area contributed by atoms with Crippen LogP contribution in [0.1, 0.15) is 0 Å². The van der Waals surface area contributed by atoms with Crippen LogP contribution in [-0.4, -0.2) is 15.1 Å². The third-order valence-electron chi connectivity index (χ3n) is 4.80. The Bertz CT molecular complexity index is 1170. The first-order chi connectivity index (χ1) is 12.7. The maximum atomic E-state index is 3.84. The summed E-state index contributed by atoms with van der Waals surface area (Å²) >= 11 is 3.47. The number of nitrogens with one attached hydrogen (secondary N) is 2. The van der Waals surface area contributed by atoms with E-state index in [-0.39, 0.29) is 0 Å². The number of rotatable bonds is 1. The molecular formula is C22H17N2PSe. The SMILES string of the molecule is [Se]=P1(c2ccccc2)Nc2ccccc2-c2c(ccc3ccccc23)N1. The summed E-state index contributed by atoms with van der Waals surface area (Å²) in [7, 11) is 0. The molecule has 2 nitrogen and oxygen atoms in total. The molecule has 0 aliphatic carbocycles. The first-order valence-corrected chi connectivity index (χ1v) is 12.6. The fourth-order valence-electron chi connectivity index (χ4n) is 3.59. The number of anilines is 2. The van der Waals surface area contributed by atoms with Gasteiger partial charge in [-0.25, -0.2) is 0 Å². The zero-order valence-corrected chi connectivity index (χ0v) is 16.6. The van der Waals surface area contributed by atoms with E-state index in [0.717, 1.165) is 11.4 Å². The first kappa shape index (κ1) is 15.9. The van der Waals surface area contributed by atoms with Crippen molar-refractivity contribution in [3.63, 3.8) is 0 Å². The first-order valence-electron chi connectivity index (χ1n) is 8.58. The van der Waals surface area contributed by atoms with E-state index in [4.69, 9.17) is 0 Å². The van der Waals surface area contributed by atoms with Gasteiger partial charge in [0.1, 0.15) is 0 Å². The summed E-state index contributed by atoms with van der Waals surface area (Å²) in [6, 6.07) is 32.2. The molecule has 0 saturated heterocycles. The molecule has 26 heavy (non-hydrogen) atoms. The Morgan fingerprint density at radius 1 is 0.615 bits per heavy atom. The molecule has 4 heteroatoms. The van der Waals surface area contributed by atoms with E-state index in [1.807, 2.05) is 0 Å². The minimum absolute atomic E-state index is 1.16. The van der Waals surface area contributed by atoms with E-state index in [9.17, 15) is 0 Å². The van der Waals surface area contributed by atoms with Crippen LogP contribution in [0.5, 0.6) is 0 Å². The fourth-order valence-corrected chi connectivity index (χ4v) is 7.56. The van der Waals surface area contributed by atoms with Gasteiger partial charge in [-0.1, -0.05) is 0 Å². The van der Waals surface area contributed by atoms with Gasteiger partial charge < -0.3 is 0 Å². The van der Waals surface area contributed by atoms with E-state index in [2.05, 4.69) is 116 Å². The molecule has 1 heterocycles. The standard InChI is InChI=1S/C22H17N2PSe/c26-25(17-9-2-1-3-10-17)23-20-13-7-6-12-19(20)22-18-11-5-4-8-16(18)14-15-21(22)24-25/h1-15H,(H2,23,24,26). The summed E-state index contributed by atoms with van der Waals surface area (Å²) < 4.78 is 0. The van der Waals surface area contributed by atoms with Crippen molar-refractivity contribution >= 4 is 48.4 Å². The zero-order valence-electron chi connectivity index (χ0n) is 14.0. The van der Waals surface area contributed by atoms with Crippen LogP contribution >= 0.6 is 5.81 Å². The van der Waals surface area contributed by atoms with Crippen LogP contribution in [-0.2, 0) is 0 Å². The number of hydrogen-bond donors (Lipinski definition) is 2. The van der Waals surface area contributed by atoms with Gasteiger partial charge in [-0.3, -0.25) is 0 Å². The summed E-state index contributed by atoms with van der Waals surface area (Å²) in [5.41, 5.74) is 4.82. The molecule has 1 atom stereocenters. The number of hydrogen-bond acceptors (Lipinski definition) is 2. The van der Waals surface area contributed by atoms with Crippen molar-refractivity contribution in [2.75, 3.05) is 10.2 Å². The molecule has 4 aromatic rings. The van der Waals surface area contributed by atoms with Gasteiger partial charge in [0.25, 0.3) is 0 Å². The van der Waals surface area contributed by atoms with E-state index < -0.39 is 5.81 Å². The monoisotopic (exact) mass is 420 g/mol. The third-order valence-corrected chi connectivity index (χ3v) is 9.41. The predicted molar refractivity (Wildman–Crippen MR) is 115 cm³/mol. The Labute approximate surface area is 160 Å². The maximum absolute atomic E-state index is 3.84. The van der Waals surface area contributed by atoms with Gasteiger partial charge in [-0.05, 0) is 0 Å². The van der Waals surface area contributed by atoms with Crippen LogP contribution in [0.2, 0.25) is 0 Å². The molecule has 4 aromatic carbocycles. The van der Waals surface area contributed by atoms with Crippen molar-refractivity contribution in [2.24, 2.45) is 0 Å². The summed E-state index contributed by atoms with van der Waals surface area (Å²) in [5.74, 6) is -1.93. The summed E-state index contributed by atoms with van der Waals surface area (Å²) in [4.78, 5) is 0. The van der Waals surface area contributed by atoms with Crippen LogP contribution < -0.4 is 15.5 Å². The number of benzene rings is 4. The predicted octanol–water partition coefficient (Wildman–Crippen LogP) is 5.60. The molecule has 0 bridgehead atoms. The van der Waals surface area contributed by atoms with Crippen LogP contribution in [0.15, 0.2) is 91.0 Å². The molecule has 0 amide bonds. The van der Waals surface area contributed by atoms with E-state index in [1.54, 1.807) is 0 Å². The van der Waals surface area contributed by atoms with Gasteiger partial charge >= 0.3 is 161 Å². The molecule has 0 aromatic heterocycles. The van der Waals surface area contributed by atoms with Crippen molar-refractivity contribution in [3.8, 4) is 11.1 Å². The topological polar surface area (TPSA) is 24.1 Å². The van der Waals surface area contributed by atoms with Gasteiger partial charge in [-0.2, -0.15) is 0 Å². The number of fused-ring (bicyclic) bond motifs is 5. The molecule has 0 radical (unpaired) electrons. The average Bonchev–Trinajstić information content (AvgIpc) is 2.83. The van der Waals surface area contributed by atoms with E-state index >= 15 is 0 Å². The van der Waals surface area contributed by atoms with Crippen LogP contribution in [0, 0.1) is 0 Å². The molecule has 1 aliphatic rings. The van der Waals surface area contributed by atoms with Gasteiger partial charge in [0.15, 0.2) is 0 Å². The van der Waals surface area contributed by atoms with Crippen molar-refractivity contribution in [1.29, 1.82) is 0 Å². The zero-order chi connectivity index (χ0) is 17.6. The summed E-state index contributed by atoms with van der Waals surface area (Å²) in [6.45, 7) is 0. The molecule has 2 N–H and O–H groups in total. The third kappa shape index (κ3) is 2.52. The Balaban J connectivity index is 1.84. The van der Waals surface area contributed by atoms with Crippen molar-refractivity contribution in [3.05, 3.63) is 91.0 Å². The molecular weight excluding hydrogens is 402 g/mol. The molecule has 1 unspecified atom stereocenters. The van der Waals surface area contributed by atoms with E-state index in [1.165, 1.54) is 27.2 Å². The number of para-hydroxylation sites is 1. The molecule has 5 rings (SSSR count). The summed E-state index contributed by atoms with van der Waals surface area (Å²) in [6.07, 6.45) is 0. The van der Waals surface area contributed by atoms with Crippen LogP contribution in [0.25, 0.3) is 21.9 Å². The molecule has 126 valence electrons.